The second kappa shape index (κ2) is 4.71. The molecule has 0 aliphatic heterocycles. The van der Waals surface area contributed by atoms with Crippen LogP contribution in [0.4, 0.5) is 5.69 Å². The molecule has 5 N–H and O–H groups in total. The van der Waals surface area contributed by atoms with Gasteiger partial charge in [-0.2, -0.15) is 0 Å². The van der Waals surface area contributed by atoms with Crippen LogP contribution >= 0.6 is 12.2 Å². The molecule has 5 heteroatoms. The summed E-state index contributed by atoms with van der Waals surface area (Å²) in [5.74, 6) is -0.436. The minimum absolute atomic E-state index is 0.288. The van der Waals surface area contributed by atoms with Crippen LogP contribution in [0.25, 0.3) is 0 Å². The summed E-state index contributed by atoms with van der Waals surface area (Å²) < 4.78 is 0. The summed E-state index contributed by atoms with van der Waals surface area (Å²) in [7, 11) is 0. The molecule has 0 spiro atoms. The monoisotopic (exact) mass is 251 g/mol. The van der Waals surface area contributed by atoms with Crippen molar-refractivity contribution in [3.8, 4) is 0 Å². The molecule has 0 aromatic heterocycles. The number of benzene rings is 1. The van der Waals surface area contributed by atoms with Gasteiger partial charge in [-0.1, -0.05) is 24.4 Å². The molecule has 4 nitrogen and oxygen atoms in total. The van der Waals surface area contributed by atoms with Crippen LogP contribution in [0, 0.1) is 6.92 Å². The second-order valence-corrected chi connectivity index (χ2v) is 4.92. The molecule has 0 heterocycles. The Hall–Kier alpha value is -1.62. The van der Waals surface area contributed by atoms with Crippen molar-refractivity contribution in [2.75, 3.05) is 5.32 Å². The summed E-state index contributed by atoms with van der Waals surface area (Å²) in [5, 5.41) is 3.09. The fourth-order valence-electron chi connectivity index (χ4n) is 1.41. The molecule has 0 saturated heterocycles. The van der Waals surface area contributed by atoms with Crippen LogP contribution in [0.2, 0.25) is 0 Å². The summed E-state index contributed by atoms with van der Waals surface area (Å²) in [5.41, 5.74) is 12.6. The topological polar surface area (TPSA) is 81.1 Å². The molecule has 0 atom stereocenters. The van der Waals surface area contributed by atoms with E-state index in [4.69, 9.17) is 23.7 Å². The predicted molar refractivity (Wildman–Crippen MR) is 74.0 cm³/mol. The minimum atomic E-state index is -0.856. The number of amides is 1. The van der Waals surface area contributed by atoms with E-state index in [-0.39, 0.29) is 4.99 Å². The van der Waals surface area contributed by atoms with Gasteiger partial charge in [-0.25, -0.2) is 0 Å². The Morgan fingerprint density at radius 2 is 1.94 bits per heavy atom. The number of carbonyl (C=O) groups is 1. The number of aryl methyl sites for hydroxylation is 1. The quantitative estimate of drug-likeness (QED) is 0.705. The van der Waals surface area contributed by atoms with Gasteiger partial charge in [0, 0.05) is 11.3 Å². The molecule has 17 heavy (non-hydrogen) atoms. The Morgan fingerprint density at radius 1 is 1.35 bits per heavy atom. The van der Waals surface area contributed by atoms with Crippen LogP contribution in [0.5, 0.6) is 0 Å². The third-order valence-electron chi connectivity index (χ3n) is 2.59. The van der Waals surface area contributed by atoms with E-state index in [1.807, 2.05) is 25.1 Å². The molecule has 0 bridgehead atoms. The number of hydrogen-bond donors (Lipinski definition) is 3. The molecule has 0 saturated carbocycles. The zero-order valence-electron chi connectivity index (χ0n) is 10.2. The number of carbonyl (C=O) groups excluding carboxylic acids is 1. The Morgan fingerprint density at radius 3 is 2.41 bits per heavy atom. The van der Waals surface area contributed by atoms with E-state index in [9.17, 15) is 4.79 Å². The highest BCUT2D eigenvalue weighted by Crippen LogP contribution is 2.24. The first-order valence-electron chi connectivity index (χ1n) is 5.23. The fourth-order valence-corrected chi connectivity index (χ4v) is 1.58. The fraction of sp³-hybridized carbons (Fsp3) is 0.333. The van der Waals surface area contributed by atoms with Crippen LogP contribution in [0.1, 0.15) is 25.0 Å². The number of hydrogen-bond acceptors (Lipinski definition) is 3. The number of primary amides is 1. The Labute approximate surface area is 106 Å². The number of nitrogens with one attached hydrogen (secondary N) is 1. The van der Waals surface area contributed by atoms with Gasteiger partial charge in [0.05, 0.1) is 0 Å². The first-order chi connectivity index (χ1) is 7.75. The molecule has 92 valence electrons. The van der Waals surface area contributed by atoms with Crippen molar-refractivity contribution < 1.29 is 4.79 Å². The molecule has 0 fully saturated rings. The third-order valence-corrected chi connectivity index (χ3v) is 2.81. The number of thiocarbonyl (C=S) groups is 1. The molecule has 0 unspecified atom stereocenters. The van der Waals surface area contributed by atoms with Gasteiger partial charge < -0.3 is 16.8 Å². The van der Waals surface area contributed by atoms with Crippen molar-refractivity contribution in [3.63, 3.8) is 0 Å². The van der Waals surface area contributed by atoms with Gasteiger partial charge in [-0.15, -0.1) is 0 Å². The maximum absolute atomic E-state index is 11.3. The average molecular weight is 251 g/mol. The first-order valence-corrected chi connectivity index (χ1v) is 5.64. The standard InChI is InChI=1S/C12H17N3OS/c1-7-5-4-6-8(10(13)17)9(7)15-12(2,3)11(14)16/h4-6,15H,1-3H3,(H2,13,17)(H2,14,16). The van der Waals surface area contributed by atoms with Crippen LogP contribution in [0.15, 0.2) is 18.2 Å². The normalized spacial score (nSPS) is 11.0. The predicted octanol–water partition coefficient (Wildman–Crippen LogP) is 1.31. The Kier molecular flexibility index (Phi) is 3.72. The largest absolute Gasteiger partial charge is 0.389 e. The van der Waals surface area contributed by atoms with Crippen LogP contribution in [-0.4, -0.2) is 16.4 Å². The van der Waals surface area contributed by atoms with Gasteiger partial charge in [-0.3, -0.25) is 4.79 Å². The minimum Gasteiger partial charge on any atom is -0.389 e. The van der Waals surface area contributed by atoms with E-state index < -0.39 is 11.4 Å². The first kappa shape index (κ1) is 13.4. The van der Waals surface area contributed by atoms with E-state index in [0.717, 1.165) is 11.3 Å². The lowest BCUT2D eigenvalue weighted by Gasteiger charge is -2.26. The van der Waals surface area contributed by atoms with Gasteiger partial charge in [0.2, 0.25) is 5.91 Å². The zero-order chi connectivity index (χ0) is 13.2. The van der Waals surface area contributed by atoms with E-state index in [1.54, 1.807) is 13.8 Å². The number of anilines is 1. The molecular formula is C12H17N3OS. The lowest BCUT2D eigenvalue weighted by Crippen LogP contribution is -2.45. The molecule has 0 aliphatic carbocycles. The summed E-state index contributed by atoms with van der Waals surface area (Å²) in [6.07, 6.45) is 0. The van der Waals surface area contributed by atoms with Crippen molar-refractivity contribution in [2.24, 2.45) is 11.5 Å². The van der Waals surface area contributed by atoms with E-state index >= 15 is 0 Å². The van der Waals surface area contributed by atoms with Gasteiger partial charge in [0.15, 0.2) is 0 Å². The SMILES string of the molecule is Cc1cccc(C(N)=S)c1NC(C)(C)C(N)=O. The molecule has 1 rings (SSSR count). The highest BCUT2D eigenvalue weighted by molar-refractivity contribution is 7.80. The molecule has 1 aromatic carbocycles. The van der Waals surface area contributed by atoms with Crippen molar-refractivity contribution in [2.45, 2.75) is 26.3 Å². The highest BCUT2D eigenvalue weighted by Gasteiger charge is 2.26. The smallest absolute Gasteiger partial charge is 0.242 e. The van der Waals surface area contributed by atoms with Gasteiger partial charge in [0.25, 0.3) is 0 Å². The highest BCUT2D eigenvalue weighted by atomic mass is 32.1. The summed E-state index contributed by atoms with van der Waals surface area (Å²) in [4.78, 5) is 11.6. The van der Waals surface area contributed by atoms with Crippen molar-refractivity contribution >= 4 is 28.8 Å². The van der Waals surface area contributed by atoms with E-state index in [0.29, 0.717) is 5.56 Å². The van der Waals surface area contributed by atoms with Crippen molar-refractivity contribution in [3.05, 3.63) is 29.3 Å². The van der Waals surface area contributed by atoms with E-state index in [2.05, 4.69) is 5.32 Å². The summed E-state index contributed by atoms with van der Waals surface area (Å²) in [6, 6.07) is 5.60. The molecular weight excluding hydrogens is 234 g/mol. The third kappa shape index (κ3) is 2.94. The lowest BCUT2D eigenvalue weighted by atomic mass is 10.0. The van der Waals surface area contributed by atoms with Crippen LogP contribution in [-0.2, 0) is 4.79 Å². The maximum atomic E-state index is 11.3. The molecule has 0 radical (unpaired) electrons. The van der Waals surface area contributed by atoms with Crippen molar-refractivity contribution in [1.82, 2.24) is 0 Å². The molecule has 0 aliphatic rings. The Bertz CT molecular complexity index is 469. The van der Waals surface area contributed by atoms with Gasteiger partial charge in [0.1, 0.15) is 10.5 Å². The summed E-state index contributed by atoms with van der Waals surface area (Å²) in [6.45, 7) is 5.34. The maximum Gasteiger partial charge on any atom is 0.242 e. The number of rotatable bonds is 4. The summed E-state index contributed by atoms with van der Waals surface area (Å²) >= 11 is 4.99. The number of nitrogens with two attached hydrogens (primary N) is 2. The Balaban J connectivity index is 3.22. The lowest BCUT2D eigenvalue weighted by molar-refractivity contribution is -0.121. The van der Waals surface area contributed by atoms with Gasteiger partial charge in [-0.05, 0) is 32.4 Å². The van der Waals surface area contributed by atoms with E-state index in [1.165, 1.54) is 0 Å². The zero-order valence-corrected chi connectivity index (χ0v) is 11.0. The average Bonchev–Trinajstić information content (AvgIpc) is 2.20. The molecule has 1 aromatic rings. The van der Waals surface area contributed by atoms with Gasteiger partial charge >= 0.3 is 0 Å². The van der Waals surface area contributed by atoms with Crippen LogP contribution < -0.4 is 16.8 Å². The molecule has 1 amide bonds. The second-order valence-electron chi connectivity index (χ2n) is 4.48. The van der Waals surface area contributed by atoms with Crippen LogP contribution in [0.3, 0.4) is 0 Å². The number of para-hydroxylation sites is 1. The van der Waals surface area contributed by atoms with Crippen molar-refractivity contribution in [1.29, 1.82) is 0 Å².